The molecule has 0 aliphatic carbocycles. The van der Waals surface area contributed by atoms with E-state index in [9.17, 15) is 43.7 Å². The molecule has 0 rings (SSSR count). The predicted octanol–water partition coefficient (Wildman–Crippen LogP) is 2.79. The predicted molar refractivity (Wildman–Crippen MR) is 35.0 cm³/mol. The molecule has 0 aliphatic rings. The molecule has 11 heteroatoms. The van der Waals surface area contributed by atoms with Gasteiger partial charge in [0.25, 0.3) is 0 Å². The Hall–Kier alpha value is -0.480. The van der Waals surface area contributed by atoms with Crippen molar-refractivity contribution in [2.45, 2.75) is 23.3 Å². The average Bonchev–Trinajstić information content (AvgIpc) is 1.71. The van der Waals surface area contributed by atoms with Crippen molar-refractivity contribution >= 4 is 10.8 Å². The monoisotopic (exact) mass is 282 g/mol. The average molecular weight is 282 g/mol. The number of halogens is 9. The first-order valence-electron chi connectivity index (χ1n) is 3.23. The Bertz CT molecular complexity index is 248. The highest BCUT2D eigenvalue weighted by atomic mass is 32.2. The molecule has 0 amide bonds. The molecule has 16 heavy (non-hydrogen) atoms. The summed E-state index contributed by atoms with van der Waals surface area (Å²) >= 11 is 0. The highest BCUT2D eigenvalue weighted by Crippen LogP contribution is 2.55. The normalized spacial score (nSPS) is 17.4. The van der Waals surface area contributed by atoms with Crippen LogP contribution in [0.1, 0.15) is 0 Å². The second kappa shape index (κ2) is 3.77. The summed E-state index contributed by atoms with van der Waals surface area (Å²) in [6.45, 7) is 0. The van der Waals surface area contributed by atoms with Gasteiger partial charge in [-0.05, 0) is 0 Å². The van der Waals surface area contributed by atoms with Gasteiger partial charge in [0.15, 0.2) is 0 Å². The van der Waals surface area contributed by atoms with Crippen LogP contribution in [0.2, 0.25) is 0 Å². The van der Waals surface area contributed by atoms with E-state index in [4.69, 9.17) is 0 Å². The Kier molecular flexibility index (Phi) is 3.66. The molecule has 98 valence electrons. The van der Waals surface area contributed by atoms with Gasteiger partial charge in [0.1, 0.15) is 0 Å². The third-order valence-electron chi connectivity index (χ3n) is 1.63. The van der Waals surface area contributed by atoms with E-state index in [1.54, 1.807) is 0 Å². The molecule has 0 spiro atoms. The fraction of sp³-hybridized carbons (Fsp3) is 1.00. The quantitative estimate of drug-likeness (QED) is 0.676. The van der Waals surface area contributed by atoms with E-state index < -0.39 is 34.1 Å². The van der Waals surface area contributed by atoms with Crippen molar-refractivity contribution in [1.29, 1.82) is 0 Å². The largest absolute Gasteiger partial charge is 0.423 e. The van der Waals surface area contributed by atoms with E-state index in [1.807, 2.05) is 0 Å². The zero-order valence-corrected chi connectivity index (χ0v) is 8.03. The fourth-order valence-electron chi connectivity index (χ4n) is 0.971. The minimum Gasteiger partial charge on any atom is -0.258 e. The third-order valence-corrected chi connectivity index (χ3v) is 3.19. The summed E-state index contributed by atoms with van der Waals surface area (Å²) < 4.78 is 112. The van der Waals surface area contributed by atoms with Crippen LogP contribution >= 0.6 is 0 Å². The molecule has 1 atom stereocenters. The van der Waals surface area contributed by atoms with Crippen LogP contribution in [-0.4, -0.2) is 33.7 Å². The Morgan fingerprint density at radius 1 is 0.688 bits per heavy atom. The Labute approximate surface area is 85.1 Å². The lowest BCUT2D eigenvalue weighted by Crippen LogP contribution is -2.68. The van der Waals surface area contributed by atoms with Crippen molar-refractivity contribution in [2.24, 2.45) is 0 Å². The topological polar surface area (TPSA) is 17.1 Å². The smallest absolute Gasteiger partial charge is 0.258 e. The van der Waals surface area contributed by atoms with E-state index in [0.29, 0.717) is 0 Å². The van der Waals surface area contributed by atoms with Gasteiger partial charge in [0.05, 0.1) is 10.8 Å². The van der Waals surface area contributed by atoms with Crippen LogP contribution in [0.15, 0.2) is 0 Å². The molecule has 0 fully saturated rings. The molecular formula is C5H3F9OS. The van der Waals surface area contributed by atoms with Crippen LogP contribution in [0.25, 0.3) is 0 Å². The molecule has 1 unspecified atom stereocenters. The van der Waals surface area contributed by atoms with E-state index in [-0.39, 0.29) is 6.26 Å². The Balaban J connectivity index is 6.17. The van der Waals surface area contributed by atoms with E-state index >= 15 is 0 Å². The highest BCUT2D eigenvalue weighted by Gasteiger charge is 2.86. The summed E-state index contributed by atoms with van der Waals surface area (Å²) in [5.41, 5.74) is 0. The van der Waals surface area contributed by atoms with Gasteiger partial charge in [-0.2, -0.15) is 39.5 Å². The van der Waals surface area contributed by atoms with Gasteiger partial charge in [0.2, 0.25) is 0 Å². The van der Waals surface area contributed by atoms with Gasteiger partial charge in [0, 0.05) is 6.26 Å². The van der Waals surface area contributed by atoms with Gasteiger partial charge in [-0.15, -0.1) is 0 Å². The molecule has 0 heterocycles. The molecule has 0 N–H and O–H groups in total. The summed E-state index contributed by atoms with van der Waals surface area (Å²) in [5.74, 6) is 0. The van der Waals surface area contributed by atoms with Crippen LogP contribution in [0.5, 0.6) is 0 Å². The van der Waals surface area contributed by atoms with E-state index in [1.165, 1.54) is 0 Å². The Morgan fingerprint density at radius 3 is 0.875 bits per heavy atom. The number of rotatable bonds is 1. The van der Waals surface area contributed by atoms with Crippen LogP contribution in [0.4, 0.5) is 39.5 Å². The molecule has 0 bridgehead atoms. The first-order valence-corrected chi connectivity index (χ1v) is 4.79. The van der Waals surface area contributed by atoms with Crippen molar-refractivity contribution in [3.05, 3.63) is 0 Å². The summed E-state index contributed by atoms with van der Waals surface area (Å²) in [5, 5.41) is 0. The Morgan fingerprint density at radius 2 is 0.875 bits per heavy atom. The standard InChI is InChI=1S/C5H3F9OS/c1-16(15)2(3(6,7)8,4(9,10)11)5(12,13)14/h1H3. The number of hydrogen-bond acceptors (Lipinski definition) is 1. The number of hydrogen-bond donors (Lipinski definition) is 0. The lowest BCUT2D eigenvalue weighted by molar-refractivity contribution is -0.346. The summed E-state index contributed by atoms with van der Waals surface area (Å²) in [6.07, 6.45) is -20.5. The summed E-state index contributed by atoms with van der Waals surface area (Å²) in [4.78, 5) is 0. The molecule has 0 saturated heterocycles. The molecule has 0 saturated carbocycles. The van der Waals surface area contributed by atoms with Gasteiger partial charge in [-0.3, -0.25) is 4.21 Å². The van der Waals surface area contributed by atoms with Crippen LogP contribution in [-0.2, 0) is 10.8 Å². The molecule has 0 radical (unpaired) electrons. The van der Waals surface area contributed by atoms with Gasteiger partial charge in [-0.25, -0.2) is 0 Å². The first kappa shape index (κ1) is 15.5. The second-order valence-corrected chi connectivity index (χ2v) is 4.15. The highest BCUT2D eigenvalue weighted by molar-refractivity contribution is 7.86. The number of alkyl halides is 9. The van der Waals surface area contributed by atoms with Crippen molar-refractivity contribution < 1.29 is 43.7 Å². The maximum atomic E-state index is 12.0. The zero-order valence-electron chi connectivity index (χ0n) is 7.22. The molecule has 0 aliphatic heterocycles. The van der Waals surface area contributed by atoms with Crippen molar-refractivity contribution in [3.63, 3.8) is 0 Å². The minimum absolute atomic E-state index is 0.297. The second-order valence-electron chi connectivity index (χ2n) is 2.63. The zero-order chi connectivity index (χ0) is 13.6. The van der Waals surface area contributed by atoms with Crippen LogP contribution in [0.3, 0.4) is 0 Å². The molecule has 1 nitrogen and oxygen atoms in total. The van der Waals surface area contributed by atoms with Crippen molar-refractivity contribution in [1.82, 2.24) is 0 Å². The fourth-order valence-corrected chi connectivity index (χ4v) is 1.95. The molecule has 0 aromatic carbocycles. The maximum Gasteiger partial charge on any atom is 0.423 e. The van der Waals surface area contributed by atoms with Gasteiger partial charge < -0.3 is 0 Å². The summed E-state index contributed by atoms with van der Waals surface area (Å²) in [6, 6.07) is 0. The van der Waals surface area contributed by atoms with Crippen molar-refractivity contribution in [3.8, 4) is 0 Å². The minimum atomic E-state index is -6.75. The molecular weight excluding hydrogens is 279 g/mol. The van der Waals surface area contributed by atoms with Crippen molar-refractivity contribution in [2.75, 3.05) is 6.26 Å². The molecule has 0 aromatic heterocycles. The van der Waals surface area contributed by atoms with Gasteiger partial charge >= 0.3 is 23.3 Å². The van der Waals surface area contributed by atoms with E-state index in [2.05, 4.69) is 0 Å². The maximum absolute atomic E-state index is 12.0. The van der Waals surface area contributed by atoms with Crippen LogP contribution < -0.4 is 0 Å². The SMILES string of the molecule is CS(=O)C(C(F)(F)F)(C(F)(F)F)C(F)(F)F. The van der Waals surface area contributed by atoms with Crippen LogP contribution in [0, 0.1) is 0 Å². The van der Waals surface area contributed by atoms with E-state index in [0.717, 1.165) is 0 Å². The lowest BCUT2D eigenvalue weighted by atomic mass is 10.1. The first-order chi connectivity index (χ1) is 6.69. The lowest BCUT2D eigenvalue weighted by Gasteiger charge is -2.36. The van der Waals surface area contributed by atoms with Gasteiger partial charge in [-0.1, -0.05) is 0 Å². The molecule has 0 aromatic rings. The third kappa shape index (κ3) is 2.00. The summed E-state index contributed by atoms with van der Waals surface area (Å²) in [7, 11) is -4.25.